The summed E-state index contributed by atoms with van der Waals surface area (Å²) in [5.74, 6) is 0.266. The van der Waals surface area contributed by atoms with Crippen molar-refractivity contribution in [1.29, 1.82) is 0 Å². The van der Waals surface area contributed by atoms with Crippen LogP contribution < -0.4 is 4.74 Å². The van der Waals surface area contributed by atoms with Crippen molar-refractivity contribution in [1.82, 2.24) is 9.21 Å². The van der Waals surface area contributed by atoms with Crippen LogP contribution in [0.3, 0.4) is 0 Å². The SMILES string of the molecule is COc1ccccc1S(=O)(=O)N1CCN(C(=O)[c-]2cccc2)CC1.[Fe+2].c1cc[cH-]c1. The summed E-state index contributed by atoms with van der Waals surface area (Å²) in [6.45, 7) is 1.29. The van der Waals surface area contributed by atoms with E-state index in [0.29, 0.717) is 24.4 Å². The summed E-state index contributed by atoms with van der Waals surface area (Å²) < 4.78 is 32.2. The summed E-state index contributed by atoms with van der Waals surface area (Å²) in [6.07, 6.45) is 0. The van der Waals surface area contributed by atoms with Gasteiger partial charge in [-0.25, -0.2) is 32.7 Å². The van der Waals surface area contributed by atoms with Gasteiger partial charge < -0.3 is 9.64 Å². The van der Waals surface area contributed by atoms with Crippen LogP contribution in [0.2, 0.25) is 0 Å². The Balaban J connectivity index is 0.000000468. The van der Waals surface area contributed by atoms with Gasteiger partial charge in [-0.15, -0.1) is 0 Å². The second-order valence-corrected chi connectivity index (χ2v) is 8.39. The van der Waals surface area contributed by atoms with Crippen molar-refractivity contribution in [2.75, 3.05) is 33.3 Å². The van der Waals surface area contributed by atoms with Crippen LogP contribution in [-0.2, 0) is 27.1 Å². The Morgan fingerprint density at radius 2 is 1.57 bits per heavy atom. The smallest absolute Gasteiger partial charge is 0.495 e. The zero-order chi connectivity index (χ0) is 20.7. The molecular formula is C22H24FeN2O4S. The molecule has 0 N–H and O–H groups in total. The van der Waals surface area contributed by atoms with Gasteiger partial charge in [0.1, 0.15) is 10.6 Å². The maximum absolute atomic E-state index is 12.8. The van der Waals surface area contributed by atoms with Crippen molar-refractivity contribution in [3.63, 3.8) is 0 Å². The minimum Gasteiger partial charge on any atom is -0.495 e. The van der Waals surface area contributed by atoms with E-state index in [-0.39, 0.29) is 41.0 Å². The molecule has 3 aromatic carbocycles. The molecule has 0 spiro atoms. The molecule has 6 nitrogen and oxygen atoms in total. The van der Waals surface area contributed by atoms with Crippen LogP contribution in [-0.4, -0.2) is 56.8 Å². The number of hydrogen-bond acceptors (Lipinski definition) is 4. The zero-order valence-electron chi connectivity index (χ0n) is 16.6. The number of carbonyl (C=O) groups excluding carboxylic acids is 1. The number of nitrogens with zero attached hydrogens (tertiary/aromatic N) is 2. The number of carbonyl (C=O) groups is 1. The first-order valence-corrected chi connectivity index (χ1v) is 10.8. The van der Waals surface area contributed by atoms with Gasteiger partial charge in [0.25, 0.3) is 0 Å². The number of sulfonamides is 1. The van der Waals surface area contributed by atoms with Gasteiger partial charge in [-0.1, -0.05) is 17.7 Å². The van der Waals surface area contributed by atoms with E-state index in [0.717, 1.165) is 0 Å². The molecule has 0 unspecified atom stereocenters. The summed E-state index contributed by atoms with van der Waals surface area (Å²) in [6, 6.07) is 23.7. The van der Waals surface area contributed by atoms with E-state index in [1.807, 2.05) is 42.5 Å². The van der Waals surface area contributed by atoms with Crippen LogP contribution in [0, 0.1) is 0 Å². The molecule has 3 aromatic rings. The van der Waals surface area contributed by atoms with E-state index < -0.39 is 10.0 Å². The fourth-order valence-electron chi connectivity index (χ4n) is 3.12. The van der Waals surface area contributed by atoms with Crippen molar-refractivity contribution >= 4 is 15.9 Å². The van der Waals surface area contributed by atoms with Crippen LogP contribution in [0.25, 0.3) is 0 Å². The van der Waals surface area contributed by atoms with Gasteiger partial charge >= 0.3 is 17.1 Å². The minimum atomic E-state index is -3.64. The normalized spacial score (nSPS) is 14.2. The van der Waals surface area contributed by atoms with Crippen LogP contribution >= 0.6 is 0 Å². The molecule has 1 heterocycles. The van der Waals surface area contributed by atoms with E-state index in [4.69, 9.17) is 4.74 Å². The molecule has 160 valence electrons. The molecule has 8 heteroatoms. The van der Waals surface area contributed by atoms with Crippen molar-refractivity contribution < 1.29 is 35.0 Å². The molecule has 0 radical (unpaired) electrons. The molecule has 1 fully saturated rings. The largest absolute Gasteiger partial charge is 2.00 e. The second kappa shape index (κ2) is 11.1. The van der Waals surface area contributed by atoms with Gasteiger partial charge in [-0.3, -0.25) is 4.79 Å². The van der Waals surface area contributed by atoms with E-state index in [1.54, 1.807) is 35.2 Å². The molecule has 0 saturated carbocycles. The van der Waals surface area contributed by atoms with E-state index in [2.05, 4.69) is 0 Å². The van der Waals surface area contributed by atoms with Crippen LogP contribution in [0.15, 0.2) is 83.8 Å². The van der Waals surface area contributed by atoms with Gasteiger partial charge in [0.2, 0.25) is 10.0 Å². The fourth-order valence-corrected chi connectivity index (χ4v) is 4.70. The predicted octanol–water partition coefficient (Wildman–Crippen LogP) is 2.96. The third-order valence-electron chi connectivity index (χ3n) is 4.68. The Morgan fingerprint density at radius 3 is 2.10 bits per heavy atom. The first kappa shape index (κ1) is 23.9. The number of hydrogen-bond donors (Lipinski definition) is 0. The molecule has 1 aliphatic rings. The molecule has 4 rings (SSSR count). The molecule has 30 heavy (non-hydrogen) atoms. The number of benzene rings is 1. The Labute approximate surface area is 188 Å². The molecular weight excluding hydrogens is 444 g/mol. The topological polar surface area (TPSA) is 66.9 Å². The molecule has 0 aromatic heterocycles. The van der Waals surface area contributed by atoms with Gasteiger partial charge in [0, 0.05) is 26.2 Å². The molecule has 1 aliphatic heterocycles. The van der Waals surface area contributed by atoms with Gasteiger partial charge in [0.15, 0.2) is 5.91 Å². The number of ether oxygens (including phenoxy) is 1. The summed E-state index contributed by atoms with van der Waals surface area (Å²) in [4.78, 5) is 14.2. The predicted molar refractivity (Wildman–Crippen MR) is 112 cm³/mol. The van der Waals surface area contributed by atoms with Gasteiger partial charge in [0.05, 0.1) is 7.11 Å². The van der Waals surface area contributed by atoms with Gasteiger partial charge in [-0.2, -0.15) is 34.6 Å². The average molecular weight is 468 g/mol. The zero-order valence-corrected chi connectivity index (χ0v) is 18.5. The minimum absolute atomic E-state index is 0. The average Bonchev–Trinajstić information content (AvgIpc) is 3.50. The number of amides is 1. The third kappa shape index (κ3) is 5.61. The maximum Gasteiger partial charge on any atom is 2.00 e. The van der Waals surface area contributed by atoms with Crippen LogP contribution in [0.5, 0.6) is 5.75 Å². The van der Waals surface area contributed by atoms with E-state index in [1.165, 1.54) is 17.5 Å². The third-order valence-corrected chi connectivity index (χ3v) is 6.62. The van der Waals surface area contributed by atoms with E-state index in [9.17, 15) is 13.2 Å². The summed E-state index contributed by atoms with van der Waals surface area (Å²) in [5, 5.41) is 0. The molecule has 1 saturated heterocycles. The fraction of sp³-hybridized carbons (Fsp3) is 0.227. The number of para-hydroxylation sites is 1. The Bertz CT molecular complexity index is 976. The number of piperazine rings is 1. The Kier molecular flexibility index (Phi) is 8.87. The number of rotatable bonds is 4. The van der Waals surface area contributed by atoms with Crippen molar-refractivity contribution in [3.8, 4) is 5.75 Å². The Hall–Kier alpha value is -2.38. The van der Waals surface area contributed by atoms with Crippen molar-refractivity contribution in [2.45, 2.75) is 4.90 Å². The number of methoxy groups -OCH3 is 1. The summed E-state index contributed by atoms with van der Waals surface area (Å²) in [7, 11) is -2.19. The second-order valence-electron chi connectivity index (χ2n) is 6.48. The van der Waals surface area contributed by atoms with E-state index >= 15 is 0 Å². The summed E-state index contributed by atoms with van der Waals surface area (Å²) in [5.41, 5.74) is 0.635. The van der Waals surface area contributed by atoms with Crippen molar-refractivity contribution in [2.24, 2.45) is 0 Å². The van der Waals surface area contributed by atoms with Crippen LogP contribution in [0.1, 0.15) is 10.4 Å². The maximum atomic E-state index is 12.8. The van der Waals surface area contributed by atoms with Gasteiger partial charge in [-0.05, 0) is 12.1 Å². The first-order chi connectivity index (χ1) is 14.0. The Morgan fingerprint density at radius 1 is 0.967 bits per heavy atom. The summed E-state index contributed by atoms with van der Waals surface area (Å²) >= 11 is 0. The standard InChI is InChI=1S/C17H19N2O4S.C5H5.Fe/c1-23-15-8-4-5-9-16(15)24(21,22)19-12-10-18(11-13-19)17(20)14-6-2-3-7-14;1-2-4-5-3-1;/h2-9H,10-13H2,1H3;1-5H;/q2*-1;+2. The molecule has 0 bridgehead atoms. The van der Waals surface area contributed by atoms with Crippen molar-refractivity contribution in [3.05, 3.63) is 84.4 Å². The van der Waals surface area contributed by atoms with Crippen LogP contribution in [0.4, 0.5) is 0 Å². The molecule has 0 atom stereocenters. The molecule has 0 aliphatic carbocycles. The molecule has 1 amide bonds. The monoisotopic (exact) mass is 468 g/mol. The first-order valence-electron chi connectivity index (χ1n) is 9.35. The quantitative estimate of drug-likeness (QED) is 0.436.